The van der Waals surface area contributed by atoms with Crippen molar-refractivity contribution in [3.8, 4) is 11.6 Å². The van der Waals surface area contributed by atoms with Crippen molar-refractivity contribution in [1.82, 2.24) is 14.8 Å². The summed E-state index contributed by atoms with van der Waals surface area (Å²) in [6, 6.07) is 15.3. The number of anilines is 1. The number of aromatic nitrogens is 3. The quantitative estimate of drug-likeness (QED) is 0.700. The van der Waals surface area contributed by atoms with Crippen LogP contribution in [0, 0.1) is 0 Å². The number of carbonyl (C=O) groups excluding carboxylic acids is 1. The zero-order chi connectivity index (χ0) is 20.1. The Labute approximate surface area is 165 Å². The minimum Gasteiger partial charge on any atom is -0.496 e. The molecule has 0 atom stereocenters. The van der Waals surface area contributed by atoms with Crippen LogP contribution in [-0.4, -0.2) is 27.8 Å². The Balaban J connectivity index is 1.79. The fourth-order valence-corrected chi connectivity index (χ4v) is 2.85. The number of rotatable bonds is 6. The van der Waals surface area contributed by atoms with Crippen LogP contribution >= 0.6 is 0 Å². The highest BCUT2D eigenvalue weighted by Crippen LogP contribution is 2.26. The molecule has 1 N–H and O–H groups in total. The summed E-state index contributed by atoms with van der Waals surface area (Å²) < 4.78 is 7.04. The van der Waals surface area contributed by atoms with E-state index in [1.54, 1.807) is 18.0 Å². The van der Waals surface area contributed by atoms with Crippen molar-refractivity contribution in [3.63, 3.8) is 0 Å². The summed E-state index contributed by atoms with van der Waals surface area (Å²) >= 11 is 0. The molecule has 0 fully saturated rings. The Hall–Kier alpha value is -3.15. The largest absolute Gasteiger partial charge is 0.496 e. The fraction of sp³-hybridized carbons (Fsp3) is 0.318. The lowest BCUT2D eigenvalue weighted by Gasteiger charge is -2.13. The summed E-state index contributed by atoms with van der Waals surface area (Å²) in [7, 11) is 1.64. The monoisotopic (exact) mass is 378 g/mol. The number of carbonyl (C=O) groups is 1. The van der Waals surface area contributed by atoms with E-state index < -0.39 is 0 Å². The Morgan fingerprint density at radius 2 is 1.89 bits per heavy atom. The van der Waals surface area contributed by atoms with Gasteiger partial charge in [0.1, 0.15) is 11.6 Å². The number of ether oxygens (including phenoxy) is 1. The summed E-state index contributed by atoms with van der Waals surface area (Å²) in [4.78, 5) is 17.0. The van der Waals surface area contributed by atoms with Crippen molar-refractivity contribution in [2.45, 2.75) is 39.0 Å². The van der Waals surface area contributed by atoms with Gasteiger partial charge in [-0.25, -0.2) is 4.98 Å². The second-order valence-corrected chi connectivity index (χ2v) is 7.62. The summed E-state index contributed by atoms with van der Waals surface area (Å²) in [5.74, 6) is 2.00. The number of hydrogen-bond donors (Lipinski definition) is 1. The SMILES string of the molecule is COc1ccccc1CCC(=O)Nc1cc(C(C)(C)C)nn1-c1ccccn1. The Morgan fingerprint density at radius 3 is 2.57 bits per heavy atom. The molecule has 146 valence electrons. The minimum atomic E-state index is -0.142. The average molecular weight is 378 g/mol. The molecule has 6 nitrogen and oxygen atoms in total. The van der Waals surface area contributed by atoms with Crippen LogP contribution in [-0.2, 0) is 16.6 Å². The first-order chi connectivity index (χ1) is 13.4. The second-order valence-electron chi connectivity index (χ2n) is 7.62. The maximum Gasteiger partial charge on any atom is 0.225 e. The van der Waals surface area contributed by atoms with Crippen LogP contribution < -0.4 is 10.1 Å². The van der Waals surface area contributed by atoms with Crippen LogP contribution in [0.15, 0.2) is 54.7 Å². The lowest BCUT2D eigenvalue weighted by molar-refractivity contribution is -0.116. The third kappa shape index (κ3) is 4.57. The van der Waals surface area contributed by atoms with E-state index in [1.807, 2.05) is 48.5 Å². The first kappa shape index (κ1) is 19.6. The van der Waals surface area contributed by atoms with Crippen molar-refractivity contribution < 1.29 is 9.53 Å². The van der Waals surface area contributed by atoms with Gasteiger partial charge in [-0.05, 0) is 30.2 Å². The molecular formula is C22H26N4O2. The van der Waals surface area contributed by atoms with Gasteiger partial charge in [-0.2, -0.15) is 9.78 Å². The molecule has 28 heavy (non-hydrogen) atoms. The molecule has 1 amide bonds. The maximum absolute atomic E-state index is 12.6. The highest BCUT2D eigenvalue weighted by atomic mass is 16.5. The maximum atomic E-state index is 12.6. The number of nitrogens with zero attached hydrogens (tertiary/aromatic N) is 3. The van der Waals surface area contributed by atoms with Crippen LogP contribution in [0.1, 0.15) is 38.4 Å². The predicted octanol–water partition coefficient (Wildman–Crippen LogP) is 4.14. The molecule has 0 saturated heterocycles. The number of methoxy groups -OCH3 is 1. The van der Waals surface area contributed by atoms with Crippen LogP contribution in [0.3, 0.4) is 0 Å². The third-order valence-corrected chi connectivity index (χ3v) is 4.43. The van der Waals surface area contributed by atoms with Gasteiger partial charge in [0.05, 0.1) is 12.8 Å². The van der Waals surface area contributed by atoms with E-state index in [1.165, 1.54) is 0 Å². The van der Waals surface area contributed by atoms with Gasteiger partial charge >= 0.3 is 0 Å². The molecule has 3 rings (SSSR count). The van der Waals surface area contributed by atoms with Crippen LogP contribution in [0.2, 0.25) is 0 Å². The van der Waals surface area contributed by atoms with Gasteiger partial charge in [0, 0.05) is 24.1 Å². The van der Waals surface area contributed by atoms with Crippen molar-refractivity contribution in [1.29, 1.82) is 0 Å². The molecule has 3 aromatic rings. The second kappa shape index (κ2) is 8.25. The van der Waals surface area contributed by atoms with E-state index in [2.05, 4.69) is 36.2 Å². The van der Waals surface area contributed by atoms with Crippen molar-refractivity contribution in [3.05, 3.63) is 66.0 Å². The number of aryl methyl sites for hydroxylation is 1. The zero-order valence-corrected chi connectivity index (χ0v) is 16.8. The summed E-state index contributed by atoms with van der Waals surface area (Å²) in [5.41, 5.74) is 1.75. The van der Waals surface area contributed by atoms with Gasteiger partial charge < -0.3 is 10.1 Å². The molecule has 0 aliphatic rings. The van der Waals surface area contributed by atoms with Crippen molar-refractivity contribution in [2.24, 2.45) is 0 Å². The van der Waals surface area contributed by atoms with Crippen molar-refractivity contribution >= 4 is 11.7 Å². The minimum absolute atomic E-state index is 0.0801. The lowest BCUT2D eigenvalue weighted by Crippen LogP contribution is -2.16. The third-order valence-electron chi connectivity index (χ3n) is 4.43. The zero-order valence-electron chi connectivity index (χ0n) is 16.8. The molecule has 0 bridgehead atoms. The number of nitrogens with one attached hydrogen (secondary N) is 1. The van der Waals surface area contributed by atoms with E-state index >= 15 is 0 Å². The van der Waals surface area contributed by atoms with Gasteiger partial charge in [0.15, 0.2) is 5.82 Å². The normalized spacial score (nSPS) is 11.3. The first-order valence-electron chi connectivity index (χ1n) is 9.32. The molecular weight excluding hydrogens is 352 g/mol. The molecule has 0 radical (unpaired) electrons. The van der Waals surface area contributed by atoms with Gasteiger partial charge in [-0.3, -0.25) is 4.79 Å². The summed E-state index contributed by atoms with van der Waals surface area (Å²) in [5, 5.41) is 7.66. The standard InChI is InChI=1S/C22H26N4O2/c1-22(2,3)18-15-20(26(25-18)19-11-7-8-14-23-19)24-21(27)13-12-16-9-5-6-10-17(16)28-4/h5-11,14-15H,12-13H2,1-4H3,(H,24,27). The van der Waals surface area contributed by atoms with Crippen LogP contribution in [0.5, 0.6) is 5.75 Å². The molecule has 0 saturated carbocycles. The van der Waals surface area contributed by atoms with Crippen LogP contribution in [0.4, 0.5) is 5.82 Å². The Kier molecular flexibility index (Phi) is 5.78. The number of amides is 1. The highest BCUT2D eigenvalue weighted by molar-refractivity contribution is 5.90. The molecule has 0 aliphatic heterocycles. The van der Waals surface area contributed by atoms with Gasteiger partial charge in [-0.1, -0.05) is 45.0 Å². The summed E-state index contributed by atoms with van der Waals surface area (Å²) in [6.45, 7) is 6.27. The number of hydrogen-bond acceptors (Lipinski definition) is 4. The topological polar surface area (TPSA) is 69.0 Å². The molecule has 6 heteroatoms. The smallest absolute Gasteiger partial charge is 0.225 e. The first-order valence-corrected chi connectivity index (χ1v) is 9.32. The molecule has 2 heterocycles. The van der Waals surface area contributed by atoms with Crippen molar-refractivity contribution in [2.75, 3.05) is 12.4 Å². The van der Waals surface area contributed by atoms with E-state index in [9.17, 15) is 4.79 Å². The molecule has 1 aromatic carbocycles. The lowest BCUT2D eigenvalue weighted by atomic mass is 9.92. The predicted molar refractivity (Wildman–Crippen MR) is 110 cm³/mol. The van der Waals surface area contributed by atoms with Gasteiger partial charge in [0.25, 0.3) is 0 Å². The number of benzene rings is 1. The molecule has 0 aliphatic carbocycles. The van der Waals surface area contributed by atoms with E-state index in [0.29, 0.717) is 24.5 Å². The van der Waals surface area contributed by atoms with Gasteiger partial charge in [0.2, 0.25) is 5.91 Å². The van der Waals surface area contributed by atoms with E-state index in [-0.39, 0.29) is 11.3 Å². The fourth-order valence-electron chi connectivity index (χ4n) is 2.85. The number of para-hydroxylation sites is 1. The molecule has 0 unspecified atom stereocenters. The Bertz CT molecular complexity index is 943. The number of pyridine rings is 1. The molecule has 0 spiro atoms. The highest BCUT2D eigenvalue weighted by Gasteiger charge is 2.22. The average Bonchev–Trinajstić information content (AvgIpc) is 3.11. The van der Waals surface area contributed by atoms with E-state index in [4.69, 9.17) is 4.74 Å². The van der Waals surface area contributed by atoms with E-state index in [0.717, 1.165) is 17.0 Å². The van der Waals surface area contributed by atoms with Gasteiger partial charge in [-0.15, -0.1) is 0 Å². The molecule has 2 aromatic heterocycles. The van der Waals surface area contributed by atoms with Crippen LogP contribution in [0.25, 0.3) is 5.82 Å². The summed E-state index contributed by atoms with van der Waals surface area (Å²) in [6.07, 6.45) is 2.65. The Morgan fingerprint density at radius 1 is 1.14 bits per heavy atom.